The molecule has 2 aromatic heterocycles. The van der Waals surface area contributed by atoms with E-state index in [1.54, 1.807) is 11.8 Å². The summed E-state index contributed by atoms with van der Waals surface area (Å²) >= 11 is 0. The summed E-state index contributed by atoms with van der Waals surface area (Å²) in [6, 6.07) is 13.4. The Bertz CT molecular complexity index is 1290. The molecular formula is C24H25N5O3. The van der Waals surface area contributed by atoms with E-state index in [2.05, 4.69) is 20.6 Å². The number of benzene rings is 2. The first-order valence-corrected chi connectivity index (χ1v) is 10.3. The zero-order valence-corrected chi connectivity index (χ0v) is 18.8. The standard InChI is InChI=1S/C24H25N5O3/c1-14-10-11-19(15(2)12-14)25-23(30)22-16(3)29(28-27-22)13-20-17(4)32-24(26-20)18-8-6-7-9-21(18)31-5/h6-12H,13H2,1-5H3,(H,25,30). The minimum Gasteiger partial charge on any atom is -0.496 e. The fourth-order valence-corrected chi connectivity index (χ4v) is 3.51. The second-order valence-corrected chi connectivity index (χ2v) is 7.68. The van der Waals surface area contributed by atoms with Gasteiger partial charge >= 0.3 is 0 Å². The van der Waals surface area contributed by atoms with Gasteiger partial charge in [0.1, 0.15) is 17.2 Å². The molecule has 1 amide bonds. The second kappa shape index (κ2) is 8.66. The summed E-state index contributed by atoms with van der Waals surface area (Å²) in [5, 5.41) is 11.2. The number of nitrogens with one attached hydrogen (secondary N) is 1. The van der Waals surface area contributed by atoms with Gasteiger partial charge < -0.3 is 14.5 Å². The molecule has 4 aromatic rings. The lowest BCUT2D eigenvalue weighted by Gasteiger charge is -2.08. The van der Waals surface area contributed by atoms with E-state index in [0.717, 1.165) is 22.4 Å². The first kappa shape index (κ1) is 21.3. The first-order chi connectivity index (χ1) is 15.4. The average molecular weight is 431 g/mol. The molecule has 0 aliphatic rings. The molecule has 4 rings (SSSR count). The number of para-hydroxylation sites is 1. The van der Waals surface area contributed by atoms with Crippen molar-refractivity contribution in [3.8, 4) is 17.2 Å². The molecule has 0 aliphatic heterocycles. The third kappa shape index (κ3) is 4.12. The van der Waals surface area contributed by atoms with Crippen molar-refractivity contribution in [2.75, 3.05) is 12.4 Å². The van der Waals surface area contributed by atoms with Crippen LogP contribution in [-0.2, 0) is 6.54 Å². The molecule has 0 saturated carbocycles. The summed E-state index contributed by atoms with van der Waals surface area (Å²) in [5.74, 6) is 1.53. The van der Waals surface area contributed by atoms with Gasteiger partial charge in [0.25, 0.3) is 5.91 Å². The van der Waals surface area contributed by atoms with Gasteiger partial charge in [0.15, 0.2) is 5.69 Å². The molecule has 164 valence electrons. The number of nitrogens with zero attached hydrogens (tertiary/aromatic N) is 4. The van der Waals surface area contributed by atoms with Crippen LogP contribution in [0.15, 0.2) is 46.9 Å². The van der Waals surface area contributed by atoms with E-state index < -0.39 is 0 Å². The zero-order valence-electron chi connectivity index (χ0n) is 18.8. The highest BCUT2D eigenvalue weighted by atomic mass is 16.5. The Hall–Kier alpha value is -3.94. The quantitative estimate of drug-likeness (QED) is 0.484. The number of methoxy groups -OCH3 is 1. The normalized spacial score (nSPS) is 10.9. The van der Waals surface area contributed by atoms with Crippen LogP contribution >= 0.6 is 0 Å². The Labute approximate surface area is 186 Å². The molecule has 0 aliphatic carbocycles. The van der Waals surface area contributed by atoms with E-state index in [0.29, 0.717) is 35.3 Å². The Morgan fingerprint density at radius 1 is 1.12 bits per heavy atom. The number of rotatable bonds is 6. The van der Waals surface area contributed by atoms with Gasteiger partial charge in [-0.15, -0.1) is 5.10 Å². The van der Waals surface area contributed by atoms with E-state index in [4.69, 9.17) is 9.15 Å². The summed E-state index contributed by atoms with van der Waals surface area (Å²) in [6.07, 6.45) is 0. The topological polar surface area (TPSA) is 95.1 Å². The van der Waals surface area contributed by atoms with E-state index >= 15 is 0 Å². The molecule has 0 bridgehead atoms. The lowest BCUT2D eigenvalue weighted by Crippen LogP contribution is -2.15. The molecule has 32 heavy (non-hydrogen) atoms. The van der Waals surface area contributed by atoms with Gasteiger partial charge in [-0.1, -0.05) is 35.0 Å². The van der Waals surface area contributed by atoms with Crippen molar-refractivity contribution < 1.29 is 13.9 Å². The van der Waals surface area contributed by atoms with E-state index in [1.807, 2.05) is 70.2 Å². The summed E-state index contributed by atoms with van der Waals surface area (Å²) in [6.45, 7) is 7.97. The van der Waals surface area contributed by atoms with Gasteiger partial charge in [-0.2, -0.15) is 0 Å². The van der Waals surface area contributed by atoms with Crippen LogP contribution in [-0.4, -0.2) is 33.0 Å². The number of aryl methyl sites for hydroxylation is 3. The summed E-state index contributed by atoms with van der Waals surface area (Å²) in [5.41, 5.74) is 5.28. The number of oxazole rings is 1. The molecule has 8 heteroatoms. The van der Waals surface area contributed by atoms with E-state index in [9.17, 15) is 4.79 Å². The van der Waals surface area contributed by atoms with Crippen molar-refractivity contribution >= 4 is 11.6 Å². The molecule has 0 unspecified atom stereocenters. The van der Waals surface area contributed by atoms with Crippen molar-refractivity contribution in [2.45, 2.75) is 34.2 Å². The number of carbonyl (C=O) groups excluding carboxylic acids is 1. The summed E-state index contributed by atoms with van der Waals surface area (Å²) < 4.78 is 12.9. The zero-order chi connectivity index (χ0) is 22.8. The van der Waals surface area contributed by atoms with Crippen LogP contribution in [0.2, 0.25) is 0 Å². The van der Waals surface area contributed by atoms with Crippen molar-refractivity contribution in [1.29, 1.82) is 0 Å². The van der Waals surface area contributed by atoms with Crippen LogP contribution in [0.5, 0.6) is 5.75 Å². The number of hydrogen-bond donors (Lipinski definition) is 1. The van der Waals surface area contributed by atoms with Crippen LogP contribution in [0.25, 0.3) is 11.5 Å². The van der Waals surface area contributed by atoms with Gasteiger partial charge in [0, 0.05) is 5.69 Å². The maximum atomic E-state index is 12.8. The molecule has 0 atom stereocenters. The van der Waals surface area contributed by atoms with E-state index in [-0.39, 0.29) is 11.6 Å². The van der Waals surface area contributed by atoms with Gasteiger partial charge in [-0.05, 0) is 51.5 Å². The van der Waals surface area contributed by atoms with Gasteiger partial charge in [-0.3, -0.25) is 4.79 Å². The second-order valence-electron chi connectivity index (χ2n) is 7.68. The number of amides is 1. The third-order valence-electron chi connectivity index (χ3n) is 5.36. The van der Waals surface area contributed by atoms with E-state index in [1.165, 1.54) is 0 Å². The molecule has 2 heterocycles. The molecule has 8 nitrogen and oxygen atoms in total. The Kier molecular flexibility index (Phi) is 5.77. The highest BCUT2D eigenvalue weighted by Crippen LogP contribution is 2.30. The monoisotopic (exact) mass is 431 g/mol. The number of aromatic nitrogens is 4. The predicted molar refractivity (Wildman–Crippen MR) is 121 cm³/mol. The molecule has 0 fully saturated rings. The average Bonchev–Trinajstić information content (AvgIpc) is 3.33. The molecule has 0 saturated heterocycles. The van der Waals surface area contributed by atoms with Crippen molar-refractivity contribution in [3.05, 3.63) is 76.4 Å². The number of hydrogen-bond acceptors (Lipinski definition) is 6. The smallest absolute Gasteiger partial charge is 0.278 e. The van der Waals surface area contributed by atoms with Crippen LogP contribution in [0.4, 0.5) is 5.69 Å². The first-order valence-electron chi connectivity index (χ1n) is 10.3. The molecular weight excluding hydrogens is 406 g/mol. The van der Waals surface area contributed by atoms with Crippen LogP contribution in [0, 0.1) is 27.7 Å². The fourth-order valence-electron chi connectivity index (χ4n) is 3.51. The Morgan fingerprint density at radius 2 is 1.91 bits per heavy atom. The molecule has 0 spiro atoms. The number of carbonyl (C=O) groups is 1. The van der Waals surface area contributed by atoms with Crippen LogP contribution in [0.3, 0.4) is 0 Å². The summed E-state index contributed by atoms with van der Waals surface area (Å²) in [4.78, 5) is 17.4. The Balaban J connectivity index is 1.55. The van der Waals surface area contributed by atoms with Crippen molar-refractivity contribution in [1.82, 2.24) is 20.0 Å². The largest absolute Gasteiger partial charge is 0.496 e. The Morgan fingerprint density at radius 3 is 2.66 bits per heavy atom. The van der Waals surface area contributed by atoms with Gasteiger partial charge in [0.2, 0.25) is 5.89 Å². The highest BCUT2D eigenvalue weighted by molar-refractivity contribution is 6.03. The van der Waals surface area contributed by atoms with Crippen LogP contribution in [0.1, 0.15) is 38.8 Å². The molecule has 1 N–H and O–H groups in total. The van der Waals surface area contributed by atoms with Gasteiger partial charge in [0.05, 0.1) is 24.9 Å². The van der Waals surface area contributed by atoms with Crippen molar-refractivity contribution in [3.63, 3.8) is 0 Å². The number of anilines is 1. The minimum absolute atomic E-state index is 0.274. The molecule has 0 radical (unpaired) electrons. The lowest BCUT2D eigenvalue weighted by atomic mass is 10.1. The van der Waals surface area contributed by atoms with Crippen molar-refractivity contribution in [2.24, 2.45) is 0 Å². The highest BCUT2D eigenvalue weighted by Gasteiger charge is 2.20. The predicted octanol–water partition coefficient (Wildman–Crippen LogP) is 4.48. The van der Waals surface area contributed by atoms with Gasteiger partial charge in [-0.25, -0.2) is 9.67 Å². The SMILES string of the molecule is COc1ccccc1-c1nc(Cn2nnc(C(=O)Nc3ccc(C)cc3C)c2C)c(C)o1. The summed E-state index contributed by atoms with van der Waals surface area (Å²) in [7, 11) is 1.61. The van der Waals surface area contributed by atoms with Crippen LogP contribution < -0.4 is 10.1 Å². The number of ether oxygens (including phenoxy) is 1. The third-order valence-corrected chi connectivity index (χ3v) is 5.36. The lowest BCUT2D eigenvalue weighted by molar-refractivity contribution is 0.102. The fraction of sp³-hybridized carbons (Fsp3) is 0.250. The molecule has 2 aromatic carbocycles. The maximum absolute atomic E-state index is 12.8. The maximum Gasteiger partial charge on any atom is 0.278 e. The minimum atomic E-state index is -0.299.